The van der Waals surface area contributed by atoms with Gasteiger partial charge >= 0.3 is 0 Å². The van der Waals surface area contributed by atoms with Gasteiger partial charge in [0.05, 0.1) is 12.1 Å². The molecule has 11 heavy (non-hydrogen) atoms. The molecule has 0 amide bonds. The number of aldehydes is 1. The Labute approximate surface area is 67.0 Å². The van der Waals surface area contributed by atoms with Crippen molar-refractivity contribution in [1.29, 1.82) is 0 Å². The number of β-amino-alcohol motifs (C(OH)–C–C–N with tert-alkyl or cyclic N) is 1. The molecular weight excluding hydrogens is 142 g/mol. The zero-order valence-corrected chi connectivity index (χ0v) is 7.03. The van der Waals surface area contributed by atoms with E-state index < -0.39 is 0 Å². The molecule has 0 aliphatic carbocycles. The van der Waals surface area contributed by atoms with Crippen molar-refractivity contribution < 1.29 is 9.90 Å². The lowest BCUT2D eigenvalue weighted by Gasteiger charge is -2.23. The number of rotatable bonds is 2. The molecule has 0 aromatic rings. The number of carbonyl (C=O) groups excluding carboxylic acids is 1. The van der Waals surface area contributed by atoms with Crippen LogP contribution < -0.4 is 0 Å². The Kier molecular flexibility index (Phi) is 2.62. The fourth-order valence-corrected chi connectivity index (χ4v) is 1.59. The molecule has 64 valence electrons. The first-order valence-corrected chi connectivity index (χ1v) is 4.04. The molecule has 0 radical (unpaired) electrons. The number of aliphatic hydroxyl groups excluding tert-OH is 1. The first-order chi connectivity index (χ1) is 5.15. The highest BCUT2D eigenvalue weighted by atomic mass is 16.3. The van der Waals surface area contributed by atoms with Crippen molar-refractivity contribution in [1.82, 2.24) is 4.90 Å². The van der Waals surface area contributed by atoms with Crippen molar-refractivity contribution >= 4 is 6.29 Å². The highest BCUT2D eigenvalue weighted by Gasteiger charge is 2.31. The van der Waals surface area contributed by atoms with Gasteiger partial charge in [-0.05, 0) is 20.3 Å². The van der Waals surface area contributed by atoms with Crippen LogP contribution in [0.3, 0.4) is 0 Å². The minimum absolute atomic E-state index is 0.0648. The molecule has 1 N–H and O–H groups in total. The van der Waals surface area contributed by atoms with Crippen LogP contribution in [0.4, 0.5) is 0 Å². The predicted molar refractivity (Wildman–Crippen MR) is 42.3 cm³/mol. The molecule has 0 spiro atoms. The summed E-state index contributed by atoms with van der Waals surface area (Å²) < 4.78 is 0. The van der Waals surface area contributed by atoms with Gasteiger partial charge in [-0.2, -0.15) is 0 Å². The zero-order valence-electron chi connectivity index (χ0n) is 7.03. The summed E-state index contributed by atoms with van der Waals surface area (Å²) >= 11 is 0. The Morgan fingerprint density at radius 2 is 2.27 bits per heavy atom. The number of hydrogen-bond acceptors (Lipinski definition) is 3. The van der Waals surface area contributed by atoms with Crippen LogP contribution in [0.1, 0.15) is 20.3 Å². The largest absolute Gasteiger partial charge is 0.392 e. The van der Waals surface area contributed by atoms with Gasteiger partial charge in [-0.15, -0.1) is 0 Å². The van der Waals surface area contributed by atoms with E-state index in [1.807, 2.05) is 18.7 Å². The fourth-order valence-electron chi connectivity index (χ4n) is 1.59. The molecule has 0 bridgehead atoms. The monoisotopic (exact) mass is 157 g/mol. The Hall–Kier alpha value is -0.410. The molecule has 1 fully saturated rings. The van der Waals surface area contributed by atoms with Crippen molar-refractivity contribution in [3.63, 3.8) is 0 Å². The lowest BCUT2D eigenvalue weighted by Crippen LogP contribution is -2.36. The van der Waals surface area contributed by atoms with Gasteiger partial charge in [0.2, 0.25) is 0 Å². The van der Waals surface area contributed by atoms with Gasteiger partial charge in [0.15, 0.2) is 0 Å². The van der Waals surface area contributed by atoms with E-state index in [2.05, 4.69) is 0 Å². The Morgan fingerprint density at radius 3 is 2.64 bits per heavy atom. The first kappa shape index (κ1) is 8.68. The second-order valence-corrected chi connectivity index (χ2v) is 3.38. The summed E-state index contributed by atoms with van der Waals surface area (Å²) in [6, 6.07) is 0.285. The van der Waals surface area contributed by atoms with Gasteiger partial charge < -0.3 is 9.90 Å². The SMILES string of the molecule is CC(C)N1C[C@H](O)C[C@H]1C=O. The third-order valence-corrected chi connectivity index (χ3v) is 2.18. The lowest BCUT2D eigenvalue weighted by molar-refractivity contribution is -0.112. The maximum atomic E-state index is 10.5. The quantitative estimate of drug-likeness (QED) is 0.575. The summed E-state index contributed by atoms with van der Waals surface area (Å²) in [6.45, 7) is 4.71. The smallest absolute Gasteiger partial charge is 0.137 e. The molecule has 0 aromatic carbocycles. The topological polar surface area (TPSA) is 40.5 Å². The predicted octanol–water partition coefficient (Wildman–Crippen LogP) is 0.0289. The molecule has 2 atom stereocenters. The molecular formula is C8H15NO2. The third-order valence-electron chi connectivity index (χ3n) is 2.18. The molecule has 0 saturated carbocycles. The Balaban J connectivity index is 2.57. The van der Waals surface area contributed by atoms with E-state index in [0.717, 1.165) is 6.29 Å². The first-order valence-electron chi connectivity index (χ1n) is 4.04. The standard InChI is InChI=1S/C8H15NO2/c1-6(2)9-4-8(11)3-7(9)5-10/h5-8,11H,3-4H2,1-2H3/t7-,8+/m0/s1. The molecule has 1 rings (SSSR count). The fraction of sp³-hybridized carbons (Fsp3) is 0.875. The van der Waals surface area contributed by atoms with Gasteiger partial charge in [-0.1, -0.05) is 0 Å². The number of aliphatic hydroxyl groups is 1. The maximum absolute atomic E-state index is 10.5. The average Bonchev–Trinajstić information content (AvgIpc) is 2.30. The number of likely N-dealkylation sites (tertiary alicyclic amines) is 1. The second-order valence-electron chi connectivity index (χ2n) is 3.38. The molecule has 0 aromatic heterocycles. The molecule has 1 aliphatic rings. The van der Waals surface area contributed by atoms with Crippen LogP contribution in [0.5, 0.6) is 0 Å². The minimum Gasteiger partial charge on any atom is -0.392 e. The highest BCUT2D eigenvalue weighted by Crippen LogP contribution is 2.18. The van der Waals surface area contributed by atoms with Crippen molar-refractivity contribution in [2.24, 2.45) is 0 Å². The van der Waals surface area contributed by atoms with Crippen molar-refractivity contribution in [2.75, 3.05) is 6.54 Å². The summed E-state index contributed by atoms with van der Waals surface area (Å²) in [4.78, 5) is 12.5. The summed E-state index contributed by atoms with van der Waals surface area (Å²) in [5.41, 5.74) is 0. The van der Waals surface area contributed by atoms with Gasteiger partial charge in [0, 0.05) is 12.6 Å². The summed E-state index contributed by atoms with van der Waals surface area (Å²) in [5, 5.41) is 9.25. The van der Waals surface area contributed by atoms with Gasteiger partial charge in [0.25, 0.3) is 0 Å². The van der Waals surface area contributed by atoms with E-state index in [4.69, 9.17) is 0 Å². The van der Waals surface area contributed by atoms with Crippen LogP contribution in [-0.2, 0) is 4.79 Å². The van der Waals surface area contributed by atoms with Crippen LogP contribution in [-0.4, -0.2) is 41.0 Å². The van der Waals surface area contributed by atoms with Crippen LogP contribution in [0, 0.1) is 0 Å². The van der Waals surface area contributed by atoms with E-state index in [-0.39, 0.29) is 12.1 Å². The van der Waals surface area contributed by atoms with Gasteiger partial charge in [-0.25, -0.2) is 0 Å². The Morgan fingerprint density at radius 1 is 1.64 bits per heavy atom. The lowest BCUT2D eigenvalue weighted by atomic mass is 10.2. The van der Waals surface area contributed by atoms with Crippen LogP contribution >= 0.6 is 0 Å². The van der Waals surface area contributed by atoms with E-state index in [9.17, 15) is 9.90 Å². The second kappa shape index (κ2) is 3.32. The molecule has 3 heteroatoms. The number of carbonyl (C=O) groups is 1. The van der Waals surface area contributed by atoms with E-state index in [1.54, 1.807) is 0 Å². The number of nitrogens with zero attached hydrogens (tertiary/aromatic N) is 1. The molecule has 1 saturated heterocycles. The van der Waals surface area contributed by atoms with Gasteiger partial charge in [-0.3, -0.25) is 4.90 Å². The van der Waals surface area contributed by atoms with Gasteiger partial charge in [0.1, 0.15) is 6.29 Å². The molecule has 1 heterocycles. The zero-order chi connectivity index (χ0) is 8.43. The summed E-state index contributed by atoms with van der Waals surface area (Å²) in [6.07, 6.45) is 1.21. The summed E-state index contributed by atoms with van der Waals surface area (Å²) in [7, 11) is 0. The van der Waals surface area contributed by atoms with Crippen LogP contribution in [0.25, 0.3) is 0 Å². The maximum Gasteiger partial charge on any atom is 0.137 e. The van der Waals surface area contributed by atoms with Crippen LogP contribution in [0.15, 0.2) is 0 Å². The summed E-state index contributed by atoms with van der Waals surface area (Å²) in [5.74, 6) is 0. The van der Waals surface area contributed by atoms with E-state index in [1.165, 1.54) is 0 Å². The van der Waals surface area contributed by atoms with Crippen molar-refractivity contribution in [3.05, 3.63) is 0 Å². The third kappa shape index (κ3) is 1.79. The van der Waals surface area contributed by atoms with Crippen molar-refractivity contribution in [2.45, 2.75) is 38.5 Å². The van der Waals surface area contributed by atoms with Crippen molar-refractivity contribution in [3.8, 4) is 0 Å². The normalized spacial score (nSPS) is 33.1. The minimum atomic E-state index is -0.312. The molecule has 0 unspecified atom stereocenters. The highest BCUT2D eigenvalue weighted by molar-refractivity contribution is 5.58. The molecule has 1 aliphatic heterocycles. The van der Waals surface area contributed by atoms with E-state index in [0.29, 0.717) is 19.0 Å². The van der Waals surface area contributed by atoms with Crippen LogP contribution in [0.2, 0.25) is 0 Å². The van der Waals surface area contributed by atoms with E-state index >= 15 is 0 Å². The Bertz CT molecular complexity index is 147. The molecule has 3 nitrogen and oxygen atoms in total. The number of hydrogen-bond donors (Lipinski definition) is 1. The average molecular weight is 157 g/mol.